The van der Waals surface area contributed by atoms with E-state index in [0.717, 1.165) is 15.8 Å². The van der Waals surface area contributed by atoms with E-state index in [9.17, 15) is 0 Å². The molecule has 0 radical (unpaired) electrons. The predicted octanol–water partition coefficient (Wildman–Crippen LogP) is 6.09. The molecule has 0 spiro atoms. The molecular formula is C14H10BrCl3O. The van der Waals surface area contributed by atoms with Gasteiger partial charge < -0.3 is 4.74 Å². The van der Waals surface area contributed by atoms with Crippen molar-refractivity contribution in [3.05, 3.63) is 62.0 Å². The van der Waals surface area contributed by atoms with E-state index in [1.54, 1.807) is 25.3 Å². The Kier molecular flexibility index (Phi) is 5.02. The topological polar surface area (TPSA) is 9.23 Å². The van der Waals surface area contributed by atoms with E-state index < -0.39 is 5.38 Å². The van der Waals surface area contributed by atoms with Crippen LogP contribution in [0.15, 0.2) is 40.9 Å². The van der Waals surface area contributed by atoms with Crippen LogP contribution in [0.2, 0.25) is 10.0 Å². The van der Waals surface area contributed by atoms with Gasteiger partial charge in [0.2, 0.25) is 0 Å². The molecule has 2 aromatic carbocycles. The normalized spacial score (nSPS) is 12.3. The molecule has 0 bridgehead atoms. The van der Waals surface area contributed by atoms with Gasteiger partial charge in [-0.05, 0) is 29.8 Å². The molecule has 0 heterocycles. The lowest BCUT2D eigenvalue weighted by Gasteiger charge is -2.16. The van der Waals surface area contributed by atoms with E-state index in [0.29, 0.717) is 15.6 Å². The number of ether oxygens (including phenoxy) is 1. The van der Waals surface area contributed by atoms with Crippen LogP contribution >= 0.6 is 50.7 Å². The van der Waals surface area contributed by atoms with Crippen molar-refractivity contribution in [3.63, 3.8) is 0 Å². The van der Waals surface area contributed by atoms with Gasteiger partial charge in [0.05, 0.1) is 12.5 Å². The number of alkyl halides is 1. The van der Waals surface area contributed by atoms with Gasteiger partial charge in [0, 0.05) is 20.1 Å². The van der Waals surface area contributed by atoms with Gasteiger partial charge in [-0.1, -0.05) is 51.3 Å². The van der Waals surface area contributed by atoms with Crippen LogP contribution in [-0.4, -0.2) is 7.11 Å². The minimum absolute atomic E-state index is 0.429. The monoisotopic (exact) mass is 378 g/mol. The summed E-state index contributed by atoms with van der Waals surface area (Å²) < 4.78 is 6.01. The van der Waals surface area contributed by atoms with E-state index in [-0.39, 0.29) is 0 Å². The highest BCUT2D eigenvalue weighted by Gasteiger charge is 2.20. The molecule has 0 aromatic heterocycles. The lowest BCUT2D eigenvalue weighted by molar-refractivity contribution is 0.414. The Morgan fingerprint density at radius 2 is 1.74 bits per heavy atom. The zero-order valence-electron chi connectivity index (χ0n) is 9.96. The van der Waals surface area contributed by atoms with Crippen molar-refractivity contribution in [3.8, 4) is 5.75 Å². The molecule has 0 aliphatic carbocycles. The van der Waals surface area contributed by atoms with Crippen LogP contribution in [0, 0.1) is 0 Å². The molecule has 100 valence electrons. The molecule has 2 rings (SSSR count). The maximum absolute atomic E-state index is 6.50. The summed E-state index contributed by atoms with van der Waals surface area (Å²) in [6.45, 7) is 0. The molecule has 0 N–H and O–H groups in total. The van der Waals surface area contributed by atoms with Gasteiger partial charge in [0.1, 0.15) is 5.75 Å². The summed E-state index contributed by atoms with van der Waals surface area (Å²) >= 11 is 22.3. The standard InChI is InChI=1S/C14H10BrCl3O/c1-19-8-5-6-9(10(15)7-8)14(18)13-11(16)3-2-4-12(13)17/h2-7,14H,1H3. The fraction of sp³-hybridized carbons (Fsp3) is 0.143. The fourth-order valence-corrected chi connectivity index (χ4v) is 3.62. The predicted molar refractivity (Wildman–Crippen MR) is 84.9 cm³/mol. The Morgan fingerprint density at radius 1 is 1.11 bits per heavy atom. The van der Waals surface area contributed by atoms with Gasteiger partial charge in [-0.3, -0.25) is 0 Å². The second kappa shape index (κ2) is 6.36. The number of benzene rings is 2. The lowest BCUT2D eigenvalue weighted by Crippen LogP contribution is -1.97. The van der Waals surface area contributed by atoms with Gasteiger partial charge in [-0.15, -0.1) is 11.6 Å². The number of halogens is 4. The second-order valence-corrected chi connectivity index (χ2v) is 5.99. The first kappa shape index (κ1) is 15.0. The molecule has 0 aliphatic rings. The van der Waals surface area contributed by atoms with E-state index in [1.165, 1.54) is 0 Å². The number of hydrogen-bond acceptors (Lipinski definition) is 1. The van der Waals surface area contributed by atoms with Crippen LogP contribution in [0.3, 0.4) is 0 Å². The van der Waals surface area contributed by atoms with Gasteiger partial charge in [-0.2, -0.15) is 0 Å². The first-order valence-corrected chi connectivity index (χ1v) is 7.44. The maximum atomic E-state index is 6.50. The Balaban J connectivity index is 2.47. The van der Waals surface area contributed by atoms with Crippen LogP contribution in [0.5, 0.6) is 5.75 Å². The van der Waals surface area contributed by atoms with Gasteiger partial charge >= 0.3 is 0 Å². The molecule has 1 unspecified atom stereocenters. The number of hydrogen-bond donors (Lipinski definition) is 0. The van der Waals surface area contributed by atoms with Crippen LogP contribution in [0.4, 0.5) is 0 Å². The highest BCUT2D eigenvalue weighted by Crippen LogP contribution is 2.41. The van der Waals surface area contributed by atoms with Crippen LogP contribution in [-0.2, 0) is 0 Å². The van der Waals surface area contributed by atoms with Crippen molar-refractivity contribution in [2.45, 2.75) is 5.38 Å². The van der Waals surface area contributed by atoms with E-state index in [1.807, 2.05) is 18.2 Å². The molecule has 2 aromatic rings. The average Bonchev–Trinajstić information content (AvgIpc) is 2.38. The zero-order valence-corrected chi connectivity index (χ0v) is 13.8. The van der Waals surface area contributed by atoms with Crippen LogP contribution < -0.4 is 4.74 Å². The minimum atomic E-state index is -0.429. The van der Waals surface area contributed by atoms with Gasteiger partial charge in [-0.25, -0.2) is 0 Å². The van der Waals surface area contributed by atoms with Crippen molar-refractivity contribution in [2.75, 3.05) is 7.11 Å². The smallest absolute Gasteiger partial charge is 0.120 e. The third kappa shape index (κ3) is 3.19. The fourth-order valence-electron chi connectivity index (χ4n) is 1.75. The quantitative estimate of drug-likeness (QED) is 0.585. The zero-order chi connectivity index (χ0) is 14.0. The maximum Gasteiger partial charge on any atom is 0.120 e. The molecule has 0 saturated carbocycles. The summed E-state index contributed by atoms with van der Waals surface area (Å²) in [6, 6.07) is 10.9. The van der Waals surface area contributed by atoms with E-state index in [2.05, 4.69) is 15.9 Å². The SMILES string of the molecule is COc1ccc(C(Cl)c2c(Cl)cccc2Cl)c(Br)c1. The number of methoxy groups -OCH3 is 1. The summed E-state index contributed by atoms with van der Waals surface area (Å²) in [5.74, 6) is 0.754. The molecule has 1 nitrogen and oxygen atoms in total. The summed E-state index contributed by atoms with van der Waals surface area (Å²) in [6.07, 6.45) is 0. The molecular weight excluding hydrogens is 370 g/mol. The molecule has 0 saturated heterocycles. The van der Waals surface area contributed by atoms with Crippen molar-refractivity contribution >= 4 is 50.7 Å². The highest BCUT2D eigenvalue weighted by atomic mass is 79.9. The summed E-state index contributed by atoms with van der Waals surface area (Å²) in [7, 11) is 1.62. The van der Waals surface area contributed by atoms with Crippen molar-refractivity contribution in [1.82, 2.24) is 0 Å². The average molecular weight is 380 g/mol. The Morgan fingerprint density at radius 3 is 2.26 bits per heavy atom. The summed E-state index contributed by atoms with van der Waals surface area (Å²) in [4.78, 5) is 0. The van der Waals surface area contributed by atoms with E-state index >= 15 is 0 Å². The Labute approximate surface area is 135 Å². The molecule has 19 heavy (non-hydrogen) atoms. The third-order valence-electron chi connectivity index (χ3n) is 2.73. The van der Waals surface area contributed by atoms with Crippen molar-refractivity contribution in [2.24, 2.45) is 0 Å². The van der Waals surface area contributed by atoms with E-state index in [4.69, 9.17) is 39.5 Å². The van der Waals surface area contributed by atoms with Crippen LogP contribution in [0.25, 0.3) is 0 Å². The Hall–Kier alpha value is -0.410. The highest BCUT2D eigenvalue weighted by molar-refractivity contribution is 9.10. The van der Waals surface area contributed by atoms with Crippen molar-refractivity contribution in [1.29, 1.82) is 0 Å². The molecule has 0 fully saturated rings. The molecule has 5 heteroatoms. The summed E-state index contributed by atoms with van der Waals surface area (Å²) in [5.41, 5.74) is 1.59. The number of rotatable bonds is 3. The second-order valence-electron chi connectivity index (χ2n) is 3.89. The first-order valence-electron chi connectivity index (χ1n) is 5.46. The minimum Gasteiger partial charge on any atom is -0.497 e. The molecule has 0 amide bonds. The Bertz CT molecular complexity index is 581. The molecule has 1 atom stereocenters. The van der Waals surface area contributed by atoms with Crippen molar-refractivity contribution < 1.29 is 4.74 Å². The third-order valence-corrected chi connectivity index (χ3v) is 4.53. The largest absolute Gasteiger partial charge is 0.497 e. The van der Waals surface area contributed by atoms with Gasteiger partial charge in [0.15, 0.2) is 0 Å². The van der Waals surface area contributed by atoms with Gasteiger partial charge in [0.25, 0.3) is 0 Å². The molecule has 0 aliphatic heterocycles. The van der Waals surface area contributed by atoms with Crippen LogP contribution in [0.1, 0.15) is 16.5 Å². The lowest BCUT2D eigenvalue weighted by atomic mass is 10.0. The summed E-state index contributed by atoms with van der Waals surface area (Å²) in [5, 5.41) is 0.673. The first-order chi connectivity index (χ1) is 9.04.